The molecule has 1 atom stereocenters. The summed E-state index contributed by atoms with van der Waals surface area (Å²) in [4.78, 5) is 0. The van der Waals surface area contributed by atoms with Crippen LogP contribution in [-0.4, -0.2) is 0 Å². The van der Waals surface area contributed by atoms with Gasteiger partial charge in [0.2, 0.25) is 0 Å². The number of benzene rings is 2. The molecule has 0 aromatic heterocycles. The number of hydrogen-bond acceptors (Lipinski definition) is 0. The van der Waals surface area contributed by atoms with Crippen LogP contribution in [0.5, 0.6) is 0 Å². The van der Waals surface area contributed by atoms with E-state index in [2.05, 4.69) is 80.6 Å². The molecule has 0 saturated carbocycles. The molecule has 0 aliphatic carbocycles. The molecule has 2 rings (SSSR count). The quantitative estimate of drug-likeness (QED) is 0.519. The molecular formula is C22H28. The lowest BCUT2D eigenvalue weighted by atomic mass is 9.94. The van der Waals surface area contributed by atoms with Crippen LogP contribution in [0.25, 0.3) is 5.57 Å². The van der Waals surface area contributed by atoms with Crippen molar-refractivity contribution < 1.29 is 0 Å². The van der Waals surface area contributed by atoms with Gasteiger partial charge in [0.05, 0.1) is 0 Å². The van der Waals surface area contributed by atoms with Crippen molar-refractivity contribution in [2.75, 3.05) is 0 Å². The van der Waals surface area contributed by atoms with Gasteiger partial charge in [-0.1, -0.05) is 93.4 Å². The molecule has 0 nitrogen and oxygen atoms in total. The average Bonchev–Trinajstić information content (AvgIpc) is 2.59. The van der Waals surface area contributed by atoms with Gasteiger partial charge in [0, 0.05) is 0 Å². The summed E-state index contributed by atoms with van der Waals surface area (Å²) in [5.74, 6) is 0.839. The molecule has 2 aromatic rings. The van der Waals surface area contributed by atoms with Crippen molar-refractivity contribution in [2.45, 2.75) is 46.0 Å². The minimum absolute atomic E-state index is 0.839. The molecule has 0 saturated heterocycles. The number of rotatable bonds is 8. The third-order valence-corrected chi connectivity index (χ3v) is 4.41. The Bertz CT molecular complexity index is 551. The van der Waals surface area contributed by atoms with Crippen LogP contribution in [-0.2, 0) is 6.42 Å². The fraction of sp³-hybridized carbons (Fsp3) is 0.364. The Morgan fingerprint density at radius 3 is 2.23 bits per heavy atom. The number of hydrogen-bond donors (Lipinski definition) is 0. The van der Waals surface area contributed by atoms with E-state index in [9.17, 15) is 0 Å². The largest absolute Gasteiger partial charge is 0.0763 e. The minimum Gasteiger partial charge on any atom is -0.0763 e. The van der Waals surface area contributed by atoms with E-state index < -0.39 is 0 Å². The molecule has 0 aliphatic rings. The lowest BCUT2D eigenvalue weighted by Crippen LogP contribution is -1.94. The first-order valence-corrected chi connectivity index (χ1v) is 8.58. The van der Waals surface area contributed by atoms with Crippen LogP contribution < -0.4 is 0 Å². The van der Waals surface area contributed by atoms with E-state index in [-0.39, 0.29) is 0 Å². The van der Waals surface area contributed by atoms with E-state index in [0.29, 0.717) is 0 Å². The van der Waals surface area contributed by atoms with Crippen molar-refractivity contribution in [3.8, 4) is 0 Å². The third kappa shape index (κ3) is 5.52. The second-order valence-corrected chi connectivity index (χ2v) is 6.19. The summed E-state index contributed by atoms with van der Waals surface area (Å²) in [7, 11) is 0. The zero-order chi connectivity index (χ0) is 15.6. The molecule has 0 amide bonds. The van der Waals surface area contributed by atoms with Crippen molar-refractivity contribution in [2.24, 2.45) is 5.92 Å². The Morgan fingerprint density at radius 1 is 0.955 bits per heavy atom. The Balaban J connectivity index is 2.04. The summed E-state index contributed by atoms with van der Waals surface area (Å²) >= 11 is 0. The standard InChI is InChI=1S/C22H28/c1-3-19(2)11-10-16-22(21-14-8-5-9-15-21)18-17-20-12-6-4-7-13-20/h4-9,12-15,18-19H,3,10-11,16-17H2,1-2H3. The zero-order valence-corrected chi connectivity index (χ0v) is 14.0. The SMILES string of the molecule is CCC(C)CCCC(=CCc1ccccc1)c1ccccc1. The molecule has 22 heavy (non-hydrogen) atoms. The summed E-state index contributed by atoms with van der Waals surface area (Å²) in [6.45, 7) is 4.64. The van der Waals surface area contributed by atoms with Crippen LogP contribution in [0.1, 0.15) is 50.7 Å². The summed E-state index contributed by atoms with van der Waals surface area (Å²) in [5.41, 5.74) is 4.26. The van der Waals surface area contributed by atoms with Gasteiger partial charge in [-0.25, -0.2) is 0 Å². The zero-order valence-electron chi connectivity index (χ0n) is 14.0. The van der Waals surface area contributed by atoms with Crippen molar-refractivity contribution in [3.05, 3.63) is 77.9 Å². The van der Waals surface area contributed by atoms with Gasteiger partial charge in [-0.2, -0.15) is 0 Å². The van der Waals surface area contributed by atoms with Crippen molar-refractivity contribution in [1.29, 1.82) is 0 Å². The number of allylic oxidation sites excluding steroid dienone is 2. The lowest BCUT2D eigenvalue weighted by Gasteiger charge is -2.11. The maximum absolute atomic E-state index is 2.42. The first-order chi connectivity index (χ1) is 10.8. The minimum atomic E-state index is 0.839. The van der Waals surface area contributed by atoms with E-state index in [1.165, 1.54) is 42.4 Å². The van der Waals surface area contributed by atoms with Crippen LogP contribution in [0.15, 0.2) is 66.7 Å². The highest BCUT2D eigenvalue weighted by molar-refractivity contribution is 5.65. The van der Waals surface area contributed by atoms with E-state index in [4.69, 9.17) is 0 Å². The highest BCUT2D eigenvalue weighted by Crippen LogP contribution is 2.23. The van der Waals surface area contributed by atoms with E-state index >= 15 is 0 Å². The first kappa shape index (κ1) is 16.5. The highest BCUT2D eigenvalue weighted by atomic mass is 14.1. The Labute approximate surface area is 135 Å². The fourth-order valence-electron chi connectivity index (χ4n) is 2.72. The molecule has 0 heterocycles. The van der Waals surface area contributed by atoms with Gasteiger partial charge in [-0.05, 0) is 41.9 Å². The van der Waals surface area contributed by atoms with Crippen molar-refractivity contribution in [3.63, 3.8) is 0 Å². The highest BCUT2D eigenvalue weighted by Gasteiger charge is 2.04. The van der Waals surface area contributed by atoms with Gasteiger partial charge in [-0.3, -0.25) is 0 Å². The van der Waals surface area contributed by atoms with E-state index in [1.807, 2.05) is 0 Å². The van der Waals surface area contributed by atoms with Crippen molar-refractivity contribution in [1.82, 2.24) is 0 Å². The first-order valence-electron chi connectivity index (χ1n) is 8.58. The second kappa shape index (κ2) is 9.25. The van der Waals surface area contributed by atoms with Crippen LogP contribution >= 0.6 is 0 Å². The average molecular weight is 292 g/mol. The van der Waals surface area contributed by atoms with Gasteiger partial charge in [0.1, 0.15) is 0 Å². The Hall–Kier alpha value is -1.82. The van der Waals surface area contributed by atoms with Crippen LogP contribution in [0.3, 0.4) is 0 Å². The maximum Gasteiger partial charge on any atom is -0.00914 e. The molecule has 0 N–H and O–H groups in total. The third-order valence-electron chi connectivity index (χ3n) is 4.41. The molecule has 0 aliphatic heterocycles. The smallest absolute Gasteiger partial charge is 0.00914 e. The van der Waals surface area contributed by atoms with Gasteiger partial charge in [-0.15, -0.1) is 0 Å². The molecule has 116 valence electrons. The molecule has 0 bridgehead atoms. The monoisotopic (exact) mass is 292 g/mol. The molecule has 2 aromatic carbocycles. The topological polar surface area (TPSA) is 0 Å². The fourth-order valence-corrected chi connectivity index (χ4v) is 2.72. The van der Waals surface area contributed by atoms with Crippen LogP contribution in [0.2, 0.25) is 0 Å². The molecule has 1 unspecified atom stereocenters. The van der Waals surface area contributed by atoms with E-state index in [0.717, 1.165) is 12.3 Å². The maximum atomic E-state index is 2.42. The van der Waals surface area contributed by atoms with Gasteiger partial charge < -0.3 is 0 Å². The molecule has 0 heteroatoms. The lowest BCUT2D eigenvalue weighted by molar-refractivity contribution is 0.500. The molecule has 0 spiro atoms. The molecular weight excluding hydrogens is 264 g/mol. The molecule has 0 radical (unpaired) electrons. The summed E-state index contributed by atoms with van der Waals surface area (Å²) in [5, 5.41) is 0. The molecule has 0 fully saturated rings. The van der Waals surface area contributed by atoms with Gasteiger partial charge in [0.25, 0.3) is 0 Å². The summed E-state index contributed by atoms with van der Waals surface area (Å²) < 4.78 is 0. The van der Waals surface area contributed by atoms with Crippen molar-refractivity contribution >= 4 is 5.57 Å². The summed E-state index contributed by atoms with van der Waals surface area (Å²) in [6, 6.07) is 21.6. The van der Waals surface area contributed by atoms with Crippen LogP contribution in [0, 0.1) is 5.92 Å². The van der Waals surface area contributed by atoms with Crippen LogP contribution in [0.4, 0.5) is 0 Å². The normalized spacial score (nSPS) is 13.1. The predicted octanol–water partition coefficient (Wildman–Crippen LogP) is 6.53. The Morgan fingerprint density at radius 2 is 1.59 bits per heavy atom. The summed E-state index contributed by atoms with van der Waals surface area (Å²) in [6.07, 6.45) is 8.52. The van der Waals surface area contributed by atoms with E-state index in [1.54, 1.807) is 0 Å². The Kier molecular flexibility index (Phi) is 6.96. The second-order valence-electron chi connectivity index (χ2n) is 6.19. The predicted molar refractivity (Wildman–Crippen MR) is 97.9 cm³/mol. The van der Waals surface area contributed by atoms with Gasteiger partial charge in [0.15, 0.2) is 0 Å². The van der Waals surface area contributed by atoms with Gasteiger partial charge >= 0.3 is 0 Å².